The van der Waals surface area contributed by atoms with Gasteiger partial charge in [-0.05, 0) is 0 Å². The Balaban J connectivity index is 1.80. The van der Waals surface area contributed by atoms with Crippen molar-refractivity contribution in [3.63, 3.8) is 0 Å². The molecule has 11 heteroatoms. The number of fused-ring (bicyclic) bond motifs is 1. The van der Waals surface area contributed by atoms with Crippen LogP contribution in [0.25, 0.3) is 0 Å². The molecule has 3 rings (SSSR count). The Hall–Kier alpha value is -0.380. The van der Waals surface area contributed by atoms with E-state index in [2.05, 4.69) is 47.1 Å². The standard InChI is InChI=1S/C23H32I2NO7S/c1-12-4-5-17-22(3,11-27)18(29)6-7-23(17,24)19(12)25-8-14-16(9-32-20(14)30)33-21(31)15(10-34)26-13(2)28/h8,15-19,27,29,34H,1,4-7,9-11H2,2-3H3,(H,26,28)/q-1/b14-8+/t15?,16?,17?,18?,19?,22-,23?/m0/s1. The van der Waals surface area contributed by atoms with Gasteiger partial charge in [0, 0.05) is 0 Å². The maximum absolute atomic E-state index is 12.5. The van der Waals surface area contributed by atoms with E-state index in [1.165, 1.54) is 6.92 Å². The van der Waals surface area contributed by atoms with E-state index in [0.717, 1.165) is 24.8 Å². The second-order valence-corrected chi connectivity index (χ2v) is 14.4. The van der Waals surface area contributed by atoms with Crippen molar-refractivity contribution in [1.29, 1.82) is 0 Å². The second-order valence-electron chi connectivity index (χ2n) is 9.41. The molecule has 34 heavy (non-hydrogen) atoms. The molecule has 0 bridgehead atoms. The topological polar surface area (TPSA) is 122 Å². The van der Waals surface area contributed by atoms with Crippen LogP contribution in [0, 0.1) is 11.3 Å². The number of alkyl halides is 2. The first kappa shape index (κ1) is 28.2. The fraction of sp³-hybridized carbons (Fsp3) is 0.696. The zero-order chi connectivity index (χ0) is 25.3. The first-order chi connectivity index (χ1) is 16.0. The maximum atomic E-state index is 12.5. The molecule has 2 aliphatic carbocycles. The Morgan fingerprint density at radius 2 is 2.18 bits per heavy atom. The summed E-state index contributed by atoms with van der Waals surface area (Å²) in [6.45, 7) is 7.47. The van der Waals surface area contributed by atoms with Gasteiger partial charge in [0.1, 0.15) is 0 Å². The molecule has 0 aromatic rings. The number of nitrogens with one attached hydrogen (secondary N) is 1. The number of carbonyl (C=O) groups excluding carboxylic acids is 3. The van der Waals surface area contributed by atoms with Gasteiger partial charge >= 0.3 is 231 Å². The Bertz CT molecular complexity index is 883. The van der Waals surface area contributed by atoms with E-state index in [1.54, 1.807) is 0 Å². The third kappa shape index (κ3) is 5.47. The van der Waals surface area contributed by atoms with E-state index in [1.807, 2.05) is 11.0 Å². The summed E-state index contributed by atoms with van der Waals surface area (Å²) >= 11 is 5.88. The first-order valence-electron chi connectivity index (χ1n) is 11.2. The summed E-state index contributed by atoms with van der Waals surface area (Å²) in [4.78, 5) is 36.3. The summed E-state index contributed by atoms with van der Waals surface area (Å²) in [7, 11) is 0. The van der Waals surface area contributed by atoms with Crippen LogP contribution in [0.4, 0.5) is 0 Å². The number of ether oxygens (including phenoxy) is 2. The number of aliphatic hydroxyl groups is 2. The summed E-state index contributed by atoms with van der Waals surface area (Å²) in [5.41, 5.74) is 0.885. The molecule has 192 valence electrons. The summed E-state index contributed by atoms with van der Waals surface area (Å²) in [6, 6.07) is -0.909. The number of amides is 1. The van der Waals surface area contributed by atoms with Crippen LogP contribution in [0.2, 0.25) is 0 Å². The van der Waals surface area contributed by atoms with Gasteiger partial charge in [0.25, 0.3) is 0 Å². The van der Waals surface area contributed by atoms with E-state index in [-0.39, 0.29) is 38.1 Å². The van der Waals surface area contributed by atoms with Crippen LogP contribution in [-0.4, -0.2) is 72.6 Å². The van der Waals surface area contributed by atoms with Crippen molar-refractivity contribution >= 4 is 53.1 Å². The molecule has 8 nitrogen and oxygen atoms in total. The number of halogens is 2. The van der Waals surface area contributed by atoms with E-state index in [9.17, 15) is 24.6 Å². The molecule has 1 heterocycles. The van der Waals surface area contributed by atoms with Crippen LogP contribution >= 0.6 is 35.2 Å². The van der Waals surface area contributed by atoms with Crippen LogP contribution in [0.15, 0.2) is 21.8 Å². The first-order valence-corrected chi connectivity index (χ1v) is 15.4. The number of allylic oxidation sites excluding steroid dienone is 1. The molecule has 1 aliphatic heterocycles. The Kier molecular flexibility index (Phi) is 9.41. The van der Waals surface area contributed by atoms with Crippen LogP contribution < -0.4 is 26.5 Å². The molecule has 7 atom stereocenters. The monoisotopic (exact) mass is 720 g/mol. The average Bonchev–Trinajstić information content (AvgIpc) is 3.13. The third-order valence-electron chi connectivity index (χ3n) is 7.17. The number of thiol groups is 1. The fourth-order valence-corrected chi connectivity index (χ4v) is 11.7. The van der Waals surface area contributed by atoms with E-state index in [4.69, 9.17) is 9.47 Å². The summed E-state index contributed by atoms with van der Waals surface area (Å²) < 4.78 is 12.6. The second kappa shape index (κ2) is 11.3. The van der Waals surface area contributed by atoms with Gasteiger partial charge < -0.3 is 0 Å². The van der Waals surface area contributed by atoms with Crippen molar-refractivity contribution in [1.82, 2.24) is 5.32 Å². The molecule has 0 aromatic carbocycles. The molecule has 6 unspecified atom stereocenters. The molecular weight excluding hydrogens is 688 g/mol. The van der Waals surface area contributed by atoms with Crippen molar-refractivity contribution in [2.24, 2.45) is 11.3 Å². The van der Waals surface area contributed by atoms with Crippen LogP contribution in [0.1, 0.15) is 39.5 Å². The number of cyclic esters (lactones) is 1. The van der Waals surface area contributed by atoms with Gasteiger partial charge in [-0.3, -0.25) is 0 Å². The number of aliphatic hydroxyl groups excluding tert-OH is 2. The molecular formula is C23H32I2NO7S-. The number of esters is 2. The van der Waals surface area contributed by atoms with E-state index in [0.29, 0.717) is 12.0 Å². The van der Waals surface area contributed by atoms with Gasteiger partial charge in [0.15, 0.2) is 0 Å². The normalized spacial score (nSPS) is 37.8. The molecule has 1 saturated heterocycles. The zero-order valence-corrected chi connectivity index (χ0v) is 24.5. The van der Waals surface area contributed by atoms with Crippen molar-refractivity contribution in [3.8, 4) is 0 Å². The molecule has 0 aromatic heterocycles. The van der Waals surface area contributed by atoms with Gasteiger partial charge in [-0.25, -0.2) is 0 Å². The molecule has 3 fully saturated rings. The van der Waals surface area contributed by atoms with E-state index >= 15 is 0 Å². The van der Waals surface area contributed by atoms with Gasteiger partial charge in [-0.2, -0.15) is 0 Å². The van der Waals surface area contributed by atoms with Gasteiger partial charge in [0.05, 0.1) is 0 Å². The minimum atomic E-state index is -0.909. The van der Waals surface area contributed by atoms with Crippen LogP contribution in [0.3, 0.4) is 0 Å². The zero-order valence-electron chi connectivity index (χ0n) is 19.3. The summed E-state index contributed by atoms with van der Waals surface area (Å²) in [5.74, 6) is -1.34. The molecule has 2 saturated carbocycles. The Morgan fingerprint density at radius 3 is 2.79 bits per heavy atom. The summed E-state index contributed by atoms with van der Waals surface area (Å²) in [6.07, 6.45) is 1.72. The van der Waals surface area contributed by atoms with Crippen LogP contribution in [0.5, 0.6) is 0 Å². The van der Waals surface area contributed by atoms with Crippen molar-refractivity contribution in [3.05, 3.63) is 21.8 Å². The summed E-state index contributed by atoms with van der Waals surface area (Å²) in [5, 5.41) is 23.3. The fourth-order valence-electron chi connectivity index (χ4n) is 5.17. The molecule has 0 radical (unpaired) electrons. The van der Waals surface area contributed by atoms with E-state index < -0.39 is 56.8 Å². The minimum absolute atomic E-state index is 0.0576. The predicted octanol–water partition coefficient (Wildman–Crippen LogP) is -1.48. The third-order valence-corrected chi connectivity index (χ3v) is 14.4. The number of hydrogen-bond donors (Lipinski definition) is 4. The molecule has 3 aliphatic rings. The Labute approximate surface area is 229 Å². The van der Waals surface area contributed by atoms with Gasteiger partial charge in [-0.15, -0.1) is 0 Å². The predicted molar refractivity (Wildman–Crippen MR) is 133 cm³/mol. The number of carbonyl (C=O) groups is 3. The van der Waals surface area contributed by atoms with Gasteiger partial charge in [-0.1, -0.05) is 0 Å². The Morgan fingerprint density at radius 1 is 1.47 bits per heavy atom. The molecule has 3 N–H and O–H groups in total. The quantitative estimate of drug-likeness (QED) is 0.0633. The van der Waals surface area contributed by atoms with Crippen molar-refractivity contribution in [2.45, 2.75) is 65.1 Å². The number of hydrogen-bond acceptors (Lipinski definition) is 8. The SMILES string of the molecule is C=C1CCC2C(I)(CCC(O)[C@@]2(C)CO)C1[I-]/C=C1/C(=O)OCC1OC(=O)C(CS)NC(C)=O. The van der Waals surface area contributed by atoms with Crippen molar-refractivity contribution in [2.75, 3.05) is 19.0 Å². The van der Waals surface area contributed by atoms with Crippen LogP contribution in [-0.2, 0) is 23.9 Å². The number of rotatable bonds is 7. The average molecular weight is 720 g/mol. The molecule has 1 amide bonds. The van der Waals surface area contributed by atoms with Gasteiger partial charge in [0.2, 0.25) is 0 Å². The van der Waals surface area contributed by atoms with Crippen molar-refractivity contribution < 1.29 is 55.3 Å². The molecule has 0 spiro atoms.